The summed E-state index contributed by atoms with van der Waals surface area (Å²) >= 11 is 0. The number of pyridine rings is 2. The van der Waals surface area contributed by atoms with Crippen molar-refractivity contribution in [3.05, 3.63) is 76.3 Å². The van der Waals surface area contributed by atoms with Crippen LogP contribution in [0.25, 0.3) is 10.9 Å². The van der Waals surface area contributed by atoms with Crippen LogP contribution in [0.2, 0.25) is 0 Å². The number of rotatable bonds is 5. The molecule has 0 spiro atoms. The van der Waals surface area contributed by atoms with Gasteiger partial charge in [-0.3, -0.25) is 14.6 Å². The Morgan fingerprint density at radius 1 is 1.22 bits per heavy atom. The van der Waals surface area contributed by atoms with Crippen molar-refractivity contribution in [2.45, 2.75) is 32.0 Å². The van der Waals surface area contributed by atoms with Crippen molar-refractivity contribution >= 4 is 16.8 Å². The Morgan fingerprint density at radius 2 is 2.11 bits per heavy atom. The predicted molar refractivity (Wildman–Crippen MR) is 102 cm³/mol. The Balaban J connectivity index is 1.64. The maximum atomic E-state index is 13.0. The Bertz CT molecular complexity index is 994. The van der Waals surface area contributed by atoms with E-state index in [2.05, 4.69) is 9.97 Å². The summed E-state index contributed by atoms with van der Waals surface area (Å²) in [6.45, 7) is 1.22. The van der Waals surface area contributed by atoms with Crippen LogP contribution in [0.5, 0.6) is 0 Å². The van der Waals surface area contributed by atoms with Crippen LogP contribution in [0.3, 0.4) is 0 Å². The first kappa shape index (κ1) is 17.4. The molecule has 0 unspecified atom stereocenters. The minimum absolute atomic E-state index is 0.0797. The third-order valence-electron chi connectivity index (χ3n) is 4.80. The molecule has 27 heavy (non-hydrogen) atoms. The zero-order chi connectivity index (χ0) is 18.6. The van der Waals surface area contributed by atoms with E-state index in [1.54, 1.807) is 17.3 Å². The molecule has 4 rings (SSSR count). The number of carbonyl (C=O) groups is 1. The van der Waals surface area contributed by atoms with Crippen LogP contribution in [-0.4, -0.2) is 33.5 Å². The number of carbonyl (C=O) groups excluding carboxylic acids is 1. The average Bonchev–Trinajstić information content (AvgIpc) is 3.23. The summed E-state index contributed by atoms with van der Waals surface area (Å²) in [6, 6.07) is 13.2. The number of hydrogen-bond donors (Lipinski definition) is 1. The Morgan fingerprint density at radius 3 is 2.89 bits per heavy atom. The molecule has 0 aliphatic carbocycles. The lowest BCUT2D eigenvalue weighted by molar-refractivity contribution is -0.142. The van der Waals surface area contributed by atoms with Crippen molar-refractivity contribution in [3.63, 3.8) is 0 Å². The molecule has 1 aliphatic heterocycles. The third kappa shape index (κ3) is 3.90. The van der Waals surface area contributed by atoms with Crippen molar-refractivity contribution in [1.82, 2.24) is 14.9 Å². The van der Waals surface area contributed by atoms with Gasteiger partial charge >= 0.3 is 0 Å². The second-order valence-corrected chi connectivity index (χ2v) is 6.77. The SMILES string of the molecule is O=C([C@H]1CCCO1)N(Cc1cccnc1)Cc1cc2ccccc2[nH]c1=O. The summed E-state index contributed by atoms with van der Waals surface area (Å²) in [5, 5.41) is 0.943. The maximum Gasteiger partial charge on any atom is 0.253 e. The Labute approximate surface area is 156 Å². The van der Waals surface area contributed by atoms with E-state index in [4.69, 9.17) is 4.74 Å². The molecule has 1 fully saturated rings. The molecular weight excluding hydrogens is 342 g/mol. The number of aromatic amines is 1. The summed E-state index contributed by atoms with van der Waals surface area (Å²) in [6.07, 6.45) is 4.61. The third-order valence-corrected chi connectivity index (χ3v) is 4.80. The zero-order valence-electron chi connectivity index (χ0n) is 14.9. The van der Waals surface area contributed by atoms with Gasteiger partial charge < -0.3 is 14.6 Å². The van der Waals surface area contributed by atoms with Gasteiger partial charge in [0.2, 0.25) is 0 Å². The van der Waals surface area contributed by atoms with Crippen molar-refractivity contribution < 1.29 is 9.53 Å². The molecule has 1 amide bonds. The van der Waals surface area contributed by atoms with Crippen molar-refractivity contribution in [1.29, 1.82) is 0 Å². The monoisotopic (exact) mass is 363 g/mol. The van der Waals surface area contributed by atoms with Crippen LogP contribution in [0, 0.1) is 0 Å². The molecule has 0 saturated carbocycles. The van der Waals surface area contributed by atoms with E-state index in [1.165, 1.54) is 0 Å². The molecule has 1 aromatic carbocycles. The second kappa shape index (κ2) is 7.72. The van der Waals surface area contributed by atoms with Crippen molar-refractivity contribution in [2.75, 3.05) is 6.61 Å². The summed E-state index contributed by atoms with van der Waals surface area (Å²) in [4.78, 5) is 34.2. The van der Waals surface area contributed by atoms with Gasteiger partial charge in [0.1, 0.15) is 6.10 Å². The van der Waals surface area contributed by atoms with E-state index in [9.17, 15) is 9.59 Å². The number of H-pyrrole nitrogens is 1. The number of amides is 1. The van der Waals surface area contributed by atoms with E-state index >= 15 is 0 Å². The lowest BCUT2D eigenvalue weighted by Crippen LogP contribution is -2.39. The normalized spacial score (nSPS) is 16.5. The van der Waals surface area contributed by atoms with Crippen LogP contribution in [0.1, 0.15) is 24.0 Å². The molecule has 3 aromatic rings. The molecule has 138 valence electrons. The van der Waals surface area contributed by atoms with Gasteiger partial charge in [0.15, 0.2) is 0 Å². The lowest BCUT2D eigenvalue weighted by atomic mass is 10.1. The minimum Gasteiger partial charge on any atom is -0.368 e. The highest BCUT2D eigenvalue weighted by atomic mass is 16.5. The van der Waals surface area contributed by atoms with Gasteiger partial charge in [-0.05, 0) is 42.0 Å². The highest BCUT2D eigenvalue weighted by molar-refractivity contribution is 5.82. The lowest BCUT2D eigenvalue weighted by Gasteiger charge is -2.25. The van der Waals surface area contributed by atoms with Gasteiger partial charge in [0, 0.05) is 36.6 Å². The highest BCUT2D eigenvalue weighted by Gasteiger charge is 2.29. The van der Waals surface area contributed by atoms with Crippen LogP contribution in [0.4, 0.5) is 0 Å². The minimum atomic E-state index is -0.429. The highest BCUT2D eigenvalue weighted by Crippen LogP contribution is 2.19. The standard InChI is InChI=1S/C21H21N3O3/c25-20-17(11-16-6-1-2-7-18(16)23-20)14-24(13-15-5-3-9-22-12-15)21(26)19-8-4-10-27-19/h1-3,5-7,9,11-12,19H,4,8,10,13-14H2,(H,23,25)/t19-/m1/s1. The number of nitrogens with one attached hydrogen (secondary N) is 1. The van der Waals surface area contributed by atoms with E-state index in [0.29, 0.717) is 18.7 Å². The first-order valence-corrected chi connectivity index (χ1v) is 9.11. The number of aromatic nitrogens is 2. The summed E-state index contributed by atoms with van der Waals surface area (Å²) < 4.78 is 5.58. The van der Waals surface area contributed by atoms with Gasteiger partial charge in [-0.25, -0.2) is 0 Å². The van der Waals surface area contributed by atoms with Crippen LogP contribution < -0.4 is 5.56 Å². The van der Waals surface area contributed by atoms with Gasteiger partial charge in [0.25, 0.3) is 11.5 Å². The fraction of sp³-hybridized carbons (Fsp3) is 0.286. The maximum absolute atomic E-state index is 13.0. The number of para-hydroxylation sites is 1. The number of nitrogens with zero attached hydrogens (tertiary/aromatic N) is 2. The zero-order valence-corrected chi connectivity index (χ0v) is 14.9. The first-order valence-electron chi connectivity index (χ1n) is 9.11. The van der Waals surface area contributed by atoms with Crippen LogP contribution in [-0.2, 0) is 22.6 Å². The quantitative estimate of drug-likeness (QED) is 0.756. The molecule has 1 N–H and O–H groups in total. The molecule has 3 heterocycles. The predicted octanol–water partition coefficient (Wildman–Crippen LogP) is 2.63. The van der Waals surface area contributed by atoms with E-state index in [1.807, 2.05) is 42.5 Å². The molecule has 1 saturated heterocycles. The van der Waals surface area contributed by atoms with E-state index in [-0.39, 0.29) is 18.0 Å². The molecule has 1 atom stereocenters. The van der Waals surface area contributed by atoms with Crippen molar-refractivity contribution in [3.8, 4) is 0 Å². The number of benzene rings is 1. The molecule has 2 aromatic heterocycles. The van der Waals surface area contributed by atoms with Crippen LogP contribution >= 0.6 is 0 Å². The second-order valence-electron chi connectivity index (χ2n) is 6.77. The topological polar surface area (TPSA) is 75.3 Å². The number of fused-ring (bicyclic) bond motifs is 1. The molecule has 6 heteroatoms. The van der Waals surface area contributed by atoms with E-state index < -0.39 is 6.10 Å². The summed E-state index contributed by atoms with van der Waals surface area (Å²) in [7, 11) is 0. The fourth-order valence-electron chi connectivity index (χ4n) is 3.42. The number of ether oxygens (including phenoxy) is 1. The summed E-state index contributed by atoms with van der Waals surface area (Å²) in [5.41, 5.74) is 2.09. The fourth-order valence-corrected chi connectivity index (χ4v) is 3.42. The first-order chi connectivity index (χ1) is 13.2. The molecular formula is C21H21N3O3. The van der Waals surface area contributed by atoms with Gasteiger partial charge in [0.05, 0.1) is 6.54 Å². The van der Waals surface area contributed by atoms with Crippen LogP contribution in [0.15, 0.2) is 59.7 Å². The molecule has 0 radical (unpaired) electrons. The number of hydrogen-bond acceptors (Lipinski definition) is 4. The molecule has 1 aliphatic rings. The Hall–Kier alpha value is -2.99. The van der Waals surface area contributed by atoms with Gasteiger partial charge in [-0.2, -0.15) is 0 Å². The van der Waals surface area contributed by atoms with Gasteiger partial charge in [-0.15, -0.1) is 0 Å². The average molecular weight is 363 g/mol. The van der Waals surface area contributed by atoms with Gasteiger partial charge in [-0.1, -0.05) is 24.3 Å². The molecule has 6 nitrogen and oxygen atoms in total. The molecule has 0 bridgehead atoms. The smallest absolute Gasteiger partial charge is 0.253 e. The largest absolute Gasteiger partial charge is 0.368 e. The van der Waals surface area contributed by atoms with Crippen molar-refractivity contribution in [2.24, 2.45) is 0 Å². The Kier molecular flexibility index (Phi) is 4.98. The van der Waals surface area contributed by atoms with E-state index in [0.717, 1.165) is 29.3 Å². The summed E-state index contributed by atoms with van der Waals surface area (Å²) in [5.74, 6) is -0.0797.